The average Bonchev–Trinajstić information content (AvgIpc) is 1.57. The maximum Gasteiger partial charge on any atom is 0.301 e. The van der Waals surface area contributed by atoms with Gasteiger partial charge >= 0.3 is 10.2 Å². The topological polar surface area (TPSA) is 0 Å². The maximum absolute atomic E-state index is 11.4. The summed E-state index contributed by atoms with van der Waals surface area (Å²) in [6.45, 7) is 0. The number of hydrogen-bond acceptors (Lipinski definition) is 0. The summed E-state index contributed by atoms with van der Waals surface area (Å²) >= 11 is 8.78. The van der Waals surface area contributed by atoms with E-state index in [2.05, 4.69) is 23.2 Å². The summed E-state index contributed by atoms with van der Waals surface area (Å²) in [6, 6.07) is 0. The molecule has 66 valence electrons. The molecule has 0 spiro atoms. The smallest absolute Gasteiger partial charge is 0.124 e. The summed E-state index contributed by atoms with van der Waals surface area (Å²) in [7, 11) is -9.51. The van der Waals surface area contributed by atoms with Crippen molar-refractivity contribution in [3.63, 3.8) is 0 Å². The molecule has 1 unspecified atom stereocenters. The fraction of sp³-hybridized carbons (Fsp3) is 1.00. The molecule has 0 radical (unpaired) electrons. The molecule has 0 aromatic heterocycles. The normalized spacial score (nSPS) is 23.1. The van der Waals surface area contributed by atoms with Crippen molar-refractivity contribution in [1.82, 2.24) is 0 Å². The summed E-state index contributed by atoms with van der Waals surface area (Å²) in [4.78, 5) is 0. The molecule has 1 atom stereocenters. The lowest BCUT2D eigenvalue weighted by molar-refractivity contribution is 0.361. The Balaban J connectivity index is 4.72. The molecular weight excluding hydrogens is 222 g/mol. The lowest BCUT2D eigenvalue weighted by atomic mass is 10.9. The zero-order valence-electron chi connectivity index (χ0n) is 4.34. The fourth-order valence-electron chi connectivity index (χ4n) is 0.119. The average molecular weight is 225 g/mol. The van der Waals surface area contributed by atoms with Crippen LogP contribution < -0.4 is 0 Å². The van der Waals surface area contributed by atoms with Gasteiger partial charge in [0.2, 0.25) is 0 Å². The molecule has 0 heterocycles. The van der Waals surface area contributed by atoms with Gasteiger partial charge in [0.1, 0.15) is 0 Å². The van der Waals surface area contributed by atoms with Crippen LogP contribution in [0.4, 0.5) is 19.4 Å². The third kappa shape index (κ3) is 3.12. The van der Waals surface area contributed by atoms with Gasteiger partial charge in [-0.15, -0.1) is 11.6 Å². The van der Waals surface area contributed by atoms with E-state index in [1.54, 1.807) is 0 Å². The minimum Gasteiger partial charge on any atom is -0.124 e. The van der Waals surface area contributed by atoms with E-state index in [1.165, 1.54) is 0 Å². The second-order valence-electron chi connectivity index (χ2n) is 1.59. The number of rotatable bonds is 2. The van der Waals surface area contributed by atoms with Gasteiger partial charge in [0.25, 0.3) is 0 Å². The van der Waals surface area contributed by atoms with E-state index in [1.807, 2.05) is 0 Å². The van der Waals surface area contributed by atoms with Crippen LogP contribution in [0.2, 0.25) is 0 Å². The van der Waals surface area contributed by atoms with Crippen molar-refractivity contribution < 1.29 is 19.4 Å². The predicted molar refractivity (Wildman–Crippen MR) is 33.5 cm³/mol. The molecule has 0 aliphatic heterocycles. The third-order valence-corrected chi connectivity index (χ3v) is 3.55. The lowest BCUT2D eigenvalue weighted by Crippen LogP contribution is -2.20. The van der Waals surface area contributed by atoms with E-state index in [0.29, 0.717) is 0 Å². The summed E-state index contributed by atoms with van der Waals surface area (Å²) in [5.41, 5.74) is 0. The fourth-order valence-corrected chi connectivity index (χ4v) is 1.07. The Kier molecular flexibility index (Phi) is 1.95. The first-order valence-corrected chi connectivity index (χ1v) is 4.89. The zero-order valence-corrected chi connectivity index (χ0v) is 6.67. The van der Waals surface area contributed by atoms with Gasteiger partial charge in [-0.1, -0.05) is 31.0 Å². The maximum atomic E-state index is 11.4. The SMILES string of the molecule is FS(F)(F)(F)(F)C(Cl)CCl. The van der Waals surface area contributed by atoms with Gasteiger partial charge in [0.15, 0.2) is 4.71 Å². The van der Waals surface area contributed by atoms with Crippen molar-refractivity contribution >= 4 is 33.4 Å². The van der Waals surface area contributed by atoms with Crippen molar-refractivity contribution in [3.05, 3.63) is 0 Å². The van der Waals surface area contributed by atoms with Crippen molar-refractivity contribution in [2.75, 3.05) is 5.88 Å². The summed E-state index contributed by atoms with van der Waals surface area (Å²) in [5.74, 6) is -1.33. The van der Waals surface area contributed by atoms with Crippen LogP contribution in [0.3, 0.4) is 0 Å². The van der Waals surface area contributed by atoms with Crippen LogP contribution in [-0.2, 0) is 0 Å². The Bertz CT molecular complexity index is 134. The predicted octanol–water partition coefficient (Wildman–Crippen LogP) is 4.09. The summed E-state index contributed by atoms with van der Waals surface area (Å²) in [5, 5.41) is 0. The van der Waals surface area contributed by atoms with Crippen LogP contribution in [0.1, 0.15) is 0 Å². The van der Waals surface area contributed by atoms with Gasteiger partial charge in [-0.2, -0.15) is 0 Å². The first-order chi connectivity index (χ1) is 3.97. The van der Waals surface area contributed by atoms with Gasteiger partial charge in [-0.3, -0.25) is 0 Å². The van der Waals surface area contributed by atoms with E-state index in [0.717, 1.165) is 0 Å². The zero-order chi connectivity index (χ0) is 8.69. The highest BCUT2D eigenvalue weighted by Crippen LogP contribution is 3.00. The molecule has 0 aliphatic carbocycles. The summed E-state index contributed by atoms with van der Waals surface area (Å²) in [6.07, 6.45) is 0. The highest BCUT2D eigenvalue weighted by molar-refractivity contribution is 8.47. The van der Waals surface area contributed by atoms with E-state index in [4.69, 9.17) is 0 Å². The van der Waals surface area contributed by atoms with E-state index in [-0.39, 0.29) is 0 Å². The minimum absolute atomic E-state index is 1.33. The molecular formula is C2H3Cl2F5S. The van der Waals surface area contributed by atoms with Crippen LogP contribution in [0, 0.1) is 0 Å². The van der Waals surface area contributed by atoms with Crippen molar-refractivity contribution in [1.29, 1.82) is 0 Å². The molecule has 0 N–H and O–H groups in total. The first kappa shape index (κ1) is 10.6. The molecule has 0 saturated carbocycles. The molecule has 0 fully saturated rings. The van der Waals surface area contributed by atoms with Crippen molar-refractivity contribution in [2.45, 2.75) is 4.71 Å². The molecule has 0 bridgehead atoms. The molecule has 0 nitrogen and oxygen atoms in total. The molecule has 0 aromatic carbocycles. The van der Waals surface area contributed by atoms with E-state index in [9.17, 15) is 19.4 Å². The molecule has 8 heteroatoms. The van der Waals surface area contributed by atoms with Gasteiger partial charge < -0.3 is 0 Å². The summed E-state index contributed by atoms with van der Waals surface area (Å²) < 4.78 is 53.7. The van der Waals surface area contributed by atoms with Gasteiger partial charge in [0, 0.05) is 0 Å². The van der Waals surface area contributed by atoms with Gasteiger partial charge in [-0.05, 0) is 0 Å². The lowest BCUT2D eigenvalue weighted by Gasteiger charge is -2.43. The highest BCUT2D eigenvalue weighted by atomic mass is 35.5. The molecule has 0 aliphatic rings. The Morgan fingerprint density at radius 3 is 1.40 bits per heavy atom. The highest BCUT2D eigenvalue weighted by Gasteiger charge is 2.69. The van der Waals surface area contributed by atoms with E-state index >= 15 is 0 Å². The van der Waals surface area contributed by atoms with Gasteiger partial charge in [0.05, 0.1) is 5.88 Å². The van der Waals surface area contributed by atoms with Crippen molar-refractivity contribution in [2.24, 2.45) is 0 Å². The number of halogens is 7. The Morgan fingerprint density at radius 1 is 1.10 bits per heavy atom. The third-order valence-electron chi connectivity index (χ3n) is 0.605. The molecule has 10 heavy (non-hydrogen) atoms. The largest absolute Gasteiger partial charge is 0.301 e. The van der Waals surface area contributed by atoms with Crippen LogP contribution >= 0.6 is 33.4 Å². The molecule has 0 amide bonds. The van der Waals surface area contributed by atoms with Crippen LogP contribution in [0.25, 0.3) is 0 Å². The van der Waals surface area contributed by atoms with E-state index < -0.39 is 20.8 Å². The molecule has 0 aromatic rings. The van der Waals surface area contributed by atoms with Crippen LogP contribution in [0.5, 0.6) is 0 Å². The Morgan fingerprint density at radius 2 is 1.40 bits per heavy atom. The quantitative estimate of drug-likeness (QED) is 0.490. The Labute approximate surface area is 64.0 Å². The first-order valence-electron chi connectivity index (χ1n) is 1.90. The monoisotopic (exact) mass is 224 g/mol. The van der Waals surface area contributed by atoms with Crippen LogP contribution in [-0.4, -0.2) is 10.6 Å². The van der Waals surface area contributed by atoms with Gasteiger partial charge in [-0.25, -0.2) is 0 Å². The van der Waals surface area contributed by atoms with Crippen LogP contribution in [0.15, 0.2) is 0 Å². The standard InChI is InChI=1S/C2H3Cl2F5S/c3-1-2(4)10(5,6,7,8)9/h2H,1H2. The number of alkyl halides is 2. The molecule has 0 rings (SSSR count). The van der Waals surface area contributed by atoms with Crippen molar-refractivity contribution in [3.8, 4) is 0 Å². The number of hydrogen-bond donors (Lipinski definition) is 0. The Hall–Kier alpha value is 0.580. The minimum atomic E-state index is -9.51. The molecule has 0 saturated heterocycles. The second kappa shape index (κ2) is 1.84. The second-order valence-corrected chi connectivity index (χ2v) is 5.31.